The summed E-state index contributed by atoms with van der Waals surface area (Å²) in [7, 11) is 0. The first-order chi connectivity index (χ1) is 7.22. The quantitative estimate of drug-likeness (QED) is 0.822. The van der Waals surface area contributed by atoms with Crippen LogP contribution in [-0.4, -0.2) is 39.6 Å². The first-order valence-electron chi connectivity index (χ1n) is 5.10. The van der Waals surface area contributed by atoms with Gasteiger partial charge in [-0.3, -0.25) is 9.78 Å². The van der Waals surface area contributed by atoms with Crippen LogP contribution < -0.4 is 0 Å². The van der Waals surface area contributed by atoms with Gasteiger partial charge in [0.2, 0.25) is 0 Å². The molecule has 0 aliphatic carbocycles. The number of likely N-dealkylation sites (tertiary alicyclic amines) is 1. The Labute approximate surface area is 92.6 Å². The van der Waals surface area contributed by atoms with Crippen molar-refractivity contribution in [2.24, 2.45) is 0 Å². The monoisotopic (exact) mass is 226 g/mol. The molecule has 15 heavy (non-hydrogen) atoms. The highest BCUT2D eigenvalue weighted by Crippen LogP contribution is 2.23. The van der Waals surface area contributed by atoms with E-state index in [9.17, 15) is 9.90 Å². The Hall–Kier alpha value is -0.940. The number of carbonyl (C=O) groups is 1. The van der Waals surface area contributed by atoms with Crippen molar-refractivity contribution < 1.29 is 9.90 Å². The summed E-state index contributed by atoms with van der Waals surface area (Å²) in [5.74, 6) is 0.000833. The Kier molecular flexibility index (Phi) is 3.02. The molecule has 1 aliphatic heterocycles. The third kappa shape index (κ3) is 2.03. The molecule has 5 heteroatoms. The SMILES string of the molecule is CC[C@@H]1C[C@@H](O)CN1C(=O)c1cncs1. The number of carbonyl (C=O) groups excluding carboxylic acids is 1. The van der Waals surface area contributed by atoms with Gasteiger partial charge in [0, 0.05) is 12.6 Å². The summed E-state index contributed by atoms with van der Waals surface area (Å²) >= 11 is 1.35. The number of aromatic nitrogens is 1. The van der Waals surface area contributed by atoms with E-state index in [0.717, 1.165) is 6.42 Å². The van der Waals surface area contributed by atoms with Gasteiger partial charge in [-0.15, -0.1) is 11.3 Å². The molecule has 1 aromatic rings. The van der Waals surface area contributed by atoms with E-state index in [0.29, 0.717) is 17.8 Å². The second kappa shape index (κ2) is 4.28. The van der Waals surface area contributed by atoms with Gasteiger partial charge in [-0.05, 0) is 12.8 Å². The van der Waals surface area contributed by atoms with Gasteiger partial charge in [-0.25, -0.2) is 0 Å². The number of aliphatic hydroxyl groups excluding tert-OH is 1. The zero-order chi connectivity index (χ0) is 10.8. The van der Waals surface area contributed by atoms with Crippen molar-refractivity contribution in [3.8, 4) is 0 Å². The minimum absolute atomic E-state index is 0.000833. The predicted molar refractivity (Wildman–Crippen MR) is 57.9 cm³/mol. The van der Waals surface area contributed by atoms with E-state index in [2.05, 4.69) is 4.98 Å². The van der Waals surface area contributed by atoms with Crippen molar-refractivity contribution in [1.82, 2.24) is 9.88 Å². The number of hydrogen-bond acceptors (Lipinski definition) is 4. The number of thiazole rings is 1. The van der Waals surface area contributed by atoms with Crippen molar-refractivity contribution in [3.05, 3.63) is 16.6 Å². The van der Waals surface area contributed by atoms with E-state index in [1.165, 1.54) is 11.3 Å². The van der Waals surface area contributed by atoms with E-state index < -0.39 is 0 Å². The van der Waals surface area contributed by atoms with Gasteiger partial charge < -0.3 is 10.0 Å². The largest absolute Gasteiger partial charge is 0.391 e. The average molecular weight is 226 g/mol. The van der Waals surface area contributed by atoms with Gasteiger partial charge >= 0.3 is 0 Å². The topological polar surface area (TPSA) is 53.4 Å². The highest BCUT2D eigenvalue weighted by Gasteiger charge is 2.33. The Balaban J connectivity index is 2.13. The number of amides is 1. The third-order valence-corrected chi connectivity index (χ3v) is 3.53. The summed E-state index contributed by atoms with van der Waals surface area (Å²) in [6.45, 7) is 2.49. The van der Waals surface area contributed by atoms with Crippen LogP contribution in [0.15, 0.2) is 11.7 Å². The van der Waals surface area contributed by atoms with E-state index in [1.807, 2.05) is 6.92 Å². The van der Waals surface area contributed by atoms with Crippen LogP contribution in [0.2, 0.25) is 0 Å². The van der Waals surface area contributed by atoms with E-state index in [1.54, 1.807) is 16.6 Å². The Morgan fingerprint density at radius 1 is 1.80 bits per heavy atom. The molecule has 0 saturated carbocycles. The molecule has 0 bridgehead atoms. The van der Waals surface area contributed by atoms with Crippen LogP contribution in [0, 0.1) is 0 Å². The van der Waals surface area contributed by atoms with Gasteiger partial charge in [0.1, 0.15) is 4.88 Å². The van der Waals surface area contributed by atoms with Gasteiger partial charge in [0.05, 0.1) is 17.8 Å². The number of nitrogens with zero attached hydrogens (tertiary/aromatic N) is 2. The average Bonchev–Trinajstić information content (AvgIpc) is 2.84. The molecular formula is C10H14N2O2S. The molecule has 4 nitrogen and oxygen atoms in total. The molecule has 2 rings (SSSR count). The molecule has 1 saturated heterocycles. The Bertz CT molecular complexity index is 339. The molecule has 0 radical (unpaired) electrons. The fourth-order valence-electron chi connectivity index (χ4n) is 1.99. The van der Waals surface area contributed by atoms with Crippen molar-refractivity contribution in [2.45, 2.75) is 31.9 Å². The first kappa shape index (κ1) is 10.6. The summed E-state index contributed by atoms with van der Waals surface area (Å²) in [4.78, 5) is 18.3. The number of β-amino-alcohol motifs (C(OH)–C–C–N with tert-alkyl or cyclic N) is 1. The third-order valence-electron chi connectivity index (χ3n) is 2.77. The van der Waals surface area contributed by atoms with Crippen LogP contribution >= 0.6 is 11.3 Å². The first-order valence-corrected chi connectivity index (χ1v) is 5.98. The molecule has 1 amide bonds. The molecule has 2 heterocycles. The number of hydrogen-bond donors (Lipinski definition) is 1. The lowest BCUT2D eigenvalue weighted by Crippen LogP contribution is -2.35. The van der Waals surface area contributed by atoms with Crippen molar-refractivity contribution >= 4 is 17.2 Å². The van der Waals surface area contributed by atoms with Gasteiger partial charge in [0.25, 0.3) is 5.91 Å². The maximum absolute atomic E-state index is 12.0. The van der Waals surface area contributed by atoms with Gasteiger partial charge in [0.15, 0.2) is 0 Å². The summed E-state index contributed by atoms with van der Waals surface area (Å²) < 4.78 is 0. The number of rotatable bonds is 2. The minimum atomic E-state index is -0.369. The fourth-order valence-corrected chi connectivity index (χ4v) is 2.57. The second-order valence-electron chi connectivity index (χ2n) is 3.77. The van der Waals surface area contributed by atoms with E-state index >= 15 is 0 Å². The summed E-state index contributed by atoms with van der Waals surface area (Å²) in [6, 6.07) is 0.176. The zero-order valence-electron chi connectivity index (χ0n) is 8.59. The van der Waals surface area contributed by atoms with Crippen LogP contribution in [-0.2, 0) is 0 Å². The van der Waals surface area contributed by atoms with Crippen molar-refractivity contribution in [1.29, 1.82) is 0 Å². The number of aliphatic hydroxyl groups is 1. The molecule has 0 aromatic carbocycles. The van der Waals surface area contributed by atoms with Crippen LogP contribution in [0.1, 0.15) is 29.4 Å². The predicted octanol–water partition coefficient (Wildman–Crippen LogP) is 1.13. The van der Waals surface area contributed by atoms with Crippen LogP contribution in [0.25, 0.3) is 0 Å². The van der Waals surface area contributed by atoms with Crippen molar-refractivity contribution in [3.63, 3.8) is 0 Å². The normalized spacial score (nSPS) is 25.9. The molecule has 1 aliphatic rings. The lowest BCUT2D eigenvalue weighted by atomic mass is 10.1. The molecular weight excluding hydrogens is 212 g/mol. The molecule has 82 valence electrons. The minimum Gasteiger partial charge on any atom is -0.391 e. The van der Waals surface area contributed by atoms with Crippen molar-refractivity contribution in [2.75, 3.05) is 6.54 Å². The molecule has 1 N–H and O–H groups in total. The lowest BCUT2D eigenvalue weighted by molar-refractivity contribution is 0.0719. The van der Waals surface area contributed by atoms with Crippen LogP contribution in [0.3, 0.4) is 0 Å². The Morgan fingerprint density at radius 3 is 3.20 bits per heavy atom. The van der Waals surface area contributed by atoms with Gasteiger partial charge in [-0.1, -0.05) is 6.92 Å². The van der Waals surface area contributed by atoms with E-state index in [4.69, 9.17) is 0 Å². The standard InChI is InChI=1S/C10H14N2O2S/c1-2-7-3-8(13)5-12(7)10(14)9-4-11-6-15-9/h4,6-8,13H,2-3,5H2,1H3/t7-,8-/m1/s1. The second-order valence-corrected chi connectivity index (χ2v) is 4.66. The van der Waals surface area contributed by atoms with Crippen LogP contribution in [0.5, 0.6) is 0 Å². The molecule has 2 atom stereocenters. The molecule has 0 spiro atoms. The molecule has 0 unspecified atom stereocenters. The summed E-state index contributed by atoms with van der Waals surface area (Å²) in [6.07, 6.45) is 2.80. The Morgan fingerprint density at radius 2 is 2.60 bits per heavy atom. The zero-order valence-corrected chi connectivity index (χ0v) is 9.41. The molecule has 1 fully saturated rings. The van der Waals surface area contributed by atoms with E-state index in [-0.39, 0.29) is 18.1 Å². The summed E-state index contributed by atoms with van der Waals surface area (Å²) in [5, 5.41) is 9.54. The molecule has 1 aromatic heterocycles. The maximum Gasteiger partial charge on any atom is 0.265 e. The summed E-state index contributed by atoms with van der Waals surface area (Å²) in [5.41, 5.74) is 1.65. The fraction of sp³-hybridized carbons (Fsp3) is 0.600. The maximum atomic E-state index is 12.0. The smallest absolute Gasteiger partial charge is 0.265 e. The van der Waals surface area contributed by atoms with Crippen LogP contribution in [0.4, 0.5) is 0 Å². The highest BCUT2D eigenvalue weighted by atomic mass is 32.1. The van der Waals surface area contributed by atoms with Gasteiger partial charge in [-0.2, -0.15) is 0 Å². The highest BCUT2D eigenvalue weighted by molar-refractivity contribution is 7.11. The lowest BCUT2D eigenvalue weighted by Gasteiger charge is -2.22.